The predicted octanol–water partition coefficient (Wildman–Crippen LogP) is -2.64. The van der Waals surface area contributed by atoms with E-state index in [1.165, 1.54) is 0 Å². The van der Waals surface area contributed by atoms with Crippen molar-refractivity contribution in [2.24, 2.45) is 0 Å². The van der Waals surface area contributed by atoms with Gasteiger partial charge >= 0.3 is 0 Å². The van der Waals surface area contributed by atoms with E-state index < -0.39 is 0 Å². The fourth-order valence-corrected chi connectivity index (χ4v) is 0. The molecule has 0 saturated carbocycles. The molecular weight excluding hydrogens is 307 g/mol. The third kappa shape index (κ3) is 8.97. The van der Waals surface area contributed by atoms with Crippen molar-refractivity contribution < 1.29 is 39.9 Å². The van der Waals surface area contributed by atoms with Gasteiger partial charge in [-0.15, -0.1) is 0 Å². The molecule has 0 nitrogen and oxygen atoms in total. The van der Waals surface area contributed by atoms with E-state index in [1.54, 1.807) is 0 Å². The normalized spacial score (nSPS) is 0. The van der Waals surface area contributed by atoms with E-state index in [2.05, 4.69) is 0 Å². The van der Waals surface area contributed by atoms with Gasteiger partial charge in [0.05, 0.1) is 0 Å². The number of hydrogen-bond acceptors (Lipinski definition) is 0. The Kier molecular flexibility index (Phi) is 183. The topological polar surface area (TPSA) is 0 Å². The van der Waals surface area contributed by atoms with Crippen molar-refractivity contribution >= 4 is 28.3 Å². The summed E-state index contributed by atoms with van der Waals surface area (Å²) in [5, 5.41) is 0. The van der Waals surface area contributed by atoms with Gasteiger partial charge in [-0.3, -0.25) is 0 Å². The zero-order valence-corrected chi connectivity index (χ0v) is 6.77. The van der Waals surface area contributed by atoms with Crippen molar-refractivity contribution in [3.8, 4) is 0 Å². The van der Waals surface area contributed by atoms with Gasteiger partial charge in [0.15, 0.2) is 17.4 Å². The van der Waals surface area contributed by atoms with E-state index in [1.807, 2.05) is 0 Å². The second-order valence-corrected chi connectivity index (χ2v) is 0. The molecule has 0 N–H and O–H groups in total. The van der Waals surface area contributed by atoms with Gasteiger partial charge in [-0.05, 0) is 11.0 Å². The Labute approximate surface area is 67.7 Å². The van der Waals surface area contributed by atoms with Gasteiger partial charge in [0.25, 0.3) is 0 Å². The summed E-state index contributed by atoms with van der Waals surface area (Å²) in [6.45, 7) is 0. The first-order chi connectivity index (χ1) is 0. The molecule has 0 unspecified atom stereocenters. The molecular formula is H7AlReSiZn. The summed E-state index contributed by atoms with van der Waals surface area (Å²) in [7, 11) is 0. The molecule has 4 heavy (non-hydrogen) atoms. The van der Waals surface area contributed by atoms with Gasteiger partial charge in [0.2, 0.25) is 0 Å². The van der Waals surface area contributed by atoms with E-state index in [9.17, 15) is 0 Å². The van der Waals surface area contributed by atoms with Crippen molar-refractivity contribution in [3.05, 3.63) is 0 Å². The van der Waals surface area contributed by atoms with Crippen molar-refractivity contribution in [2.75, 3.05) is 0 Å². The van der Waals surface area contributed by atoms with Crippen LogP contribution in [0.4, 0.5) is 0 Å². The first-order valence-corrected chi connectivity index (χ1v) is 0. The van der Waals surface area contributed by atoms with Crippen LogP contribution in [0.5, 0.6) is 0 Å². The fraction of sp³-hybridized carbons (Fsp3) is 0. The Morgan fingerprint density at radius 2 is 1.00 bits per heavy atom. The molecule has 4 heteroatoms. The molecule has 0 saturated heterocycles. The maximum atomic E-state index is 0. The average Bonchev–Trinajstić information content (AvgIpc) is 0. The molecule has 0 heterocycles. The van der Waals surface area contributed by atoms with Crippen LogP contribution in [-0.2, 0) is 39.9 Å². The second kappa shape index (κ2) is 19.8. The van der Waals surface area contributed by atoms with E-state index in [-0.39, 0.29) is 68.2 Å². The zero-order chi connectivity index (χ0) is 0. The van der Waals surface area contributed by atoms with Crippen LogP contribution in [0.15, 0.2) is 0 Å². The molecule has 0 aromatic carbocycles. The Morgan fingerprint density at radius 1 is 1.00 bits per heavy atom. The monoisotopic (exact) mass is 313 g/mol. The molecule has 0 spiro atoms. The first kappa shape index (κ1) is 36.9. The summed E-state index contributed by atoms with van der Waals surface area (Å²) >= 11 is 0. The largest absolute Gasteiger partial charge is 0.187 e. The molecule has 1 radical (unpaired) electrons. The molecule has 0 rings (SSSR count). The molecule has 0 atom stereocenters. The van der Waals surface area contributed by atoms with Crippen LogP contribution >= 0.6 is 0 Å². The smallest absolute Gasteiger partial charge is 0.0149 e. The molecule has 0 aromatic heterocycles. The number of rotatable bonds is 0. The first-order valence-electron chi connectivity index (χ1n) is 0. The van der Waals surface area contributed by atoms with Gasteiger partial charge in [-0.25, -0.2) is 0 Å². The summed E-state index contributed by atoms with van der Waals surface area (Å²) in [6.07, 6.45) is 0. The summed E-state index contributed by atoms with van der Waals surface area (Å²) in [4.78, 5) is 0. The minimum absolute atomic E-state index is 0. The van der Waals surface area contributed by atoms with Crippen molar-refractivity contribution in [1.82, 2.24) is 0 Å². The Morgan fingerprint density at radius 3 is 1.00 bits per heavy atom. The minimum Gasteiger partial charge on any atom is -0.0149 e. The van der Waals surface area contributed by atoms with Gasteiger partial charge in [-0.2, -0.15) is 0 Å². The van der Waals surface area contributed by atoms with Crippen LogP contribution in [0.3, 0.4) is 0 Å². The summed E-state index contributed by atoms with van der Waals surface area (Å²) in [5.74, 6) is 0. The molecule has 0 bridgehead atoms. The molecule has 23 valence electrons. The standard InChI is InChI=1S/Al.Re.H4Si.Zn.3H/h;;1H4;;;;. The van der Waals surface area contributed by atoms with E-state index in [0.29, 0.717) is 0 Å². The van der Waals surface area contributed by atoms with E-state index >= 15 is 0 Å². The molecule has 0 aliphatic rings. The van der Waals surface area contributed by atoms with Crippen molar-refractivity contribution in [2.45, 2.75) is 0 Å². The van der Waals surface area contributed by atoms with E-state index in [4.69, 9.17) is 0 Å². The third-order valence-corrected chi connectivity index (χ3v) is 0. The van der Waals surface area contributed by atoms with Crippen molar-refractivity contribution in [1.29, 1.82) is 0 Å². The SMILES string of the molecule is [AlH3].[Re].[SiH4].[Zn]. The van der Waals surface area contributed by atoms with Gasteiger partial charge in [0, 0.05) is 39.9 Å². The molecule has 0 aromatic rings. The van der Waals surface area contributed by atoms with Crippen LogP contribution in [0, 0.1) is 0 Å². The molecule has 0 amide bonds. The Hall–Kier alpha value is 2.04. The quantitative estimate of drug-likeness (QED) is 0.429. The second-order valence-electron chi connectivity index (χ2n) is 0. The van der Waals surface area contributed by atoms with Crippen LogP contribution in [0.25, 0.3) is 0 Å². The minimum atomic E-state index is 0. The maximum Gasteiger partial charge on any atom is 0.187 e. The Balaban J connectivity index is 0. The summed E-state index contributed by atoms with van der Waals surface area (Å²) < 4.78 is 0. The third-order valence-electron chi connectivity index (χ3n) is 0. The Bertz CT molecular complexity index is 8.00. The average molecular weight is 314 g/mol. The van der Waals surface area contributed by atoms with E-state index in [0.717, 1.165) is 0 Å². The van der Waals surface area contributed by atoms with Crippen LogP contribution in [0.1, 0.15) is 0 Å². The maximum absolute atomic E-state index is 0. The van der Waals surface area contributed by atoms with Crippen LogP contribution < -0.4 is 0 Å². The number of hydrogen-bond donors (Lipinski definition) is 0. The predicted molar refractivity (Wildman–Crippen MR) is 21.3 cm³/mol. The summed E-state index contributed by atoms with van der Waals surface area (Å²) in [5.41, 5.74) is 0. The van der Waals surface area contributed by atoms with Gasteiger partial charge in [-0.1, -0.05) is 0 Å². The fourth-order valence-electron chi connectivity index (χ4n) is 0. The summed E-state index contributed by atoms with van der Waals surface area (Å²) in [6, 6.07) is 0. The molecule has 0 aliphatic carbocycles. The van der Waals surface area contributed by atoms with Gasteiger partial charge < -0.3 is 0 Å². The van der Waals surface area contributed by atoms with Gasteiger partial charge in [0.1, 0.15) is 0 Å². The molecule has 0 fully saturated rings. The van der Waals surface area contributed by atoms with Crippen LogP contribution in [0.2, 0.25) is 0 Å². The molecule has 0 aliphatic heterocycles. The van der Waals surface area contributed by atoms with Crippen molar-refractivity contribution in [3.63, 3.8) is 0 Å². The zero-order valence-electron chi connectivity index (χ0n) is 1.09. The van der Waals surface area contributed by atoms with Crippen LogP contribution in [-0.4, -0.2) is 28.3 Å².